The van der Waals surface area contributed by atoms with E-state index < -0.39 is 15.1 Å². The van der Waals surface area contributed by atoms with Crippen molar-refractivity contribution < 1.29 is 13.2 Å². The molecule has 0 radical (unpaired) electrons. The van der Waals surface area contributed by atoms with Gasteiger partial charge < -0.3 is 10.2 Å². The highest BCUT2D eigenvalue weighted by Gasteiger charge is 2.43. The number of aryl methyl sites for hydroxylation is 1. The molecule has 0 bridgehead atoms. The zero-order chi connectivity index (χ0) is 20.3. The molecule has 0 saturated carbocycles. The van der Waals surface area contributed by atoms with Crippen molar-refractivity contribution in [3.63, 3.8) is 0 Å². The summed E-state index contributed by atoms with van der Waals surface area (Å²) in [6, 6.07) is 5.80. The molecule has 28 heavy (non-hydrogen) atoms. The van der Waals surface area contributed by atoms with Crippen LogP contribution in [0.1, 0.15) is 38.1 Å². The van der Waals surface area contributed by atoms with Crippen molar-refractivity contribution in [2.45, 2.75) is 51.4 Å². The van der Waals surface area contributed by atoms with E-state index in [-0.39, 0.29) is 17.8 Å². The molecular formula is C20H32N4O3S. The molecule has 2 fully saturated rings. The Balaban J connectivity index is 1.73. The maximum atomic E-state index is 12.8. The predicted octanol–water partition coefficient (Wildman–Crippen LogP) is 1.82. The van der Waals surface area contributed by atoms with Crippen LogP contribution in [-0.2, 0) is 16.4 Å². The van der Waals surface area contributed by atoms with Crippen LogP contribution in [0.3, 0.4) is 0 Å². The van der Waals surface area contributed by atoms with Crippen molar-refractivity contribution in [3.05, 3.63) is 29.6 Å². The lowest BCUT2D eigenvalue weighted by Crippen LogP contribution is -2.54. The molecule has 0 aliphatic carbocycles. The summed E-state index contributed by atoms with van der Waals surface area (Å²) in [4.78, 5) is 21.1. The van der Waals surface area contributed by atoms with Gasteiger partial charge in [-0.2, -0.15) is 0 Å². The molecule has 3 rings (SSSR count). The summed E-state index contributed by atoms with van der Waals surface area (Å²) in [7, 11) is -3.14. The molecule has 7 nitrogen and oxygen atoms in total. The maximum Gasteiger partial charge on any atom is 0.317 e. The highest BCUT2D eigenvalue weighted by Crippen LogP contribution is 2.29. The van der Waals surface area contributed by atoms with E-state index in [4.69, 9.17) is 0 Å². The minimum atomic E-state index is -3.14. The fourth-order valence-electron chi connectivity index (χ4n) is 4.16. The van der Waals surface area contributed by atoms with Gasteiger partial charge in [0.1, 0.15) is 0 Å². The second kappa shape index (κ2) is 8.78. The second-order valence-corrected chi connectivity index (χ2v) is 10.7. The van der Waals surface area contributed by atoms with Crippen molar-refractivity contribution in [2.24, 2.45) is 5.92 Å². The second-order valence-electron chi connectivity index (χ2n) is 8.36. The molecule has 2 aliphatic heterocycles. The molecule has 8 heteroatoms. The summed E-state index contributed by atoms with van der Waals surface area (Å²) >= 11 is 0. The summed E-state index contributed by atoms with van der Waals surface area (Å²) in [5, 5.41) is 2.54. The highest BCUT2D eigenvalue weighted by molar-refractivity contribution is 7.92. The largest absolute Gasteiger partial charge is 0.338 e. The Bertz CT molecular complexity index is 796. The average Bonchev–Trinajstić information content (AvgIpc) is 2.86. The number of hydrogen-bond acceptors (Lipinski definition) is 5. The SMILES string of the molecule is Cc1cccc(CN2CCS(=O)(=O)[C@@H]3CCN(C(=O)NCC(C)C)CC[C@@H]32)n1. The monoisotopic (exact) mass is 408 g/mol. The normalized spacial score (nSPS) is 25.2. The van der Waals surface area contributed by atoms with Crippen LogP contribution in [0.25, 0.3) is 0 Å². The lowest BCUT2D eigenvalue weighted by Gasteiger charge is -2.39. The predicted molar refractivity (Wildman–Crippen MR) is 110 cm³/mol. The molecule has 2 aliphatic rings. The first-order valence-corrected chi connectivity index (χ1v) is 11.9. The van der Waals surface area contributed by atoms with Crippen LogP contribution in [0.2, 0.25) is 0 Å². The zero-order valence-electron chi connectivity index (χ0n) is 17.1. The molecule has 3 heterocycles. The Morgan fingerprint density at radius 1 is 1.25 bits per heavy atom. The number of aromatic nitrogens is 1. The molecule has 1 N–H and O–H groups in total. The van der Waals surface area contributed by atoms with Crippen molar-refractivity contribution in [2.75, 3.05) is 31.9 Å². The Labute approximate surface area is 168 Å². The van der Waals surface area contributed by atoms with E-state index in [2.05, 4.69) is 29.0 Å². The molecule has 0 spiro atoms. The van der Waals surface area contributed by atoms with Crippen molar-refractivity contribution in [1.29, 1.82) is 0 Å². The van der Waals surface area contributed by atoms with E-state index in [1.165, 1.54) is 0 Å². The molecular weight excluding hydrogens is 376 g/mol. The number of hydrogen-bond donors (Lipinski definition) is 1. The van der Waals surface area contributed by atoms with Gasteiger partial charge in [-0.1, -0.05) is 19.9 Å². The fraction of sp³-hybridized carbons (Fsp3) is 0.700. The summed E-state index contributed by atoms with van der Waals surface area (Å²) in [5.41, 5.74) is 1.93. The van der Waals surface area contributed by atoms with Gasteiger partial charge in [0, 0.05) is 44.5 Å². The van der Waals surface area contributed by atoms with Crippen LogP contribution < -0.4 is 5.32 Å². The van der Waals surface area contributed by atoms with Crippen molar-refractivity contribution >= 4 is 15.9 Å². The van der Waals surface area contributed by atoms with E-state index in [1.807, 2.05) is 25.1 Å². The van der Waals surface area contributed by atoms with Crippen LogP contribution in [0.15, 0.2) is 18.2 Å². The molecule has 2 saturated heterocycles. The Kier molecular flexibility index (Phi) is 6.60. The van der Waals surface area contributed by atoms with Crippen LogP contribution in [0.4, 0.5) is 4.79 Å². The third-order valence-electron chi connectivity index (χ3n) is 5.66. The first-order chi connectivity index (χ1) is 13.3. The molecule has 1 aromatic rings. The van der Waals surface area contributed by atoms with E-state index in [0.29, 0.717) is 51.5 Å². The molecule has 2 atom stereocenters. The Hall–Kier alpha value is -1.67. The van der Waals surface area contributed by atoms with E-state index in [9.17, 15) is 13.2 Å². The highest BCUT2D eigenvalue weighted by atomic mass is 32.2. The summed E-state index contributed by atoms with van der Waals surface area (Å²) in [6.07, 6.45) is 1.17. The van der Waals surface area contributed by atoms with Crippen molar-refractivity contribution in [1.82, 2.24) is 20.1 Å². The van der Waals surface area contributed by atoms with E-state index in [0.717, 1.165) is 11.4 Å². The van der Waals surface area contributed by atoms with Gasteiger partial charge in [0.05, 0.1) is 16.7 Å². The van der Waals surface area contributed by atoms with Crippen LogP contribution in [0.5, 0.6) is 0 Å². The zero-order valence-corrected chi connectivity index (χ0v) is 17.9. The minimum Gasteiger partial charge on any atom is -0.338 e. The number of fused-ring (bicyclic) bond motifs is 1. The van der Waals surface area contributed by atoms with Gasteiger partial charge in [-0.25, -0.2) is 13.2 Å². The number of carbonyl (C=O) groups is 1. The third-order valence-corrected chi connectivity index (χ3v) is 7.88. The van der Waals surface area contributed by atoms with E-state index >= 15 is 0 Å². The summed E-state index contributed by atoms with van der Waals surface area (Å²) in [6.45, 7) is 8.95. The molecule has 1 aromatic heterocycles. The van der Waals surface area contributed by atoms with Gasteiger partial charge in [-0.15, -0.1) is 0 Å². The molecule has 2 amide bonds. The Morgan fingerprint density at radius 2 is 2.00 bits per heavy atom. The number of urea groups is 1. The number of nitrogens with one attached hydrogen (secondary N) is 1. The van der Waals surface area contributed by atoms with Crippen LogP contribution >= 0.6 is 0 Å². The summed E-state index contributed by atoms with van der Waals surface area (Å²) < 4.78 is 25.5. The lowest BCUT2D eigenvalue weighted by atomic mass is 10.1. The van der Waals surface area contributed by atoms with Crippen molar-refractivity contribution in [3.8, 4) is 0 Å². The smallest absolute Gasteiger partial charge is 0.317 e. The first-order valence-electron chi connectivity index (χ1n) is 10.2. The Morgan fingerprint density at radius 3 is 2.71 bits per heavy atom. The molecule has 156 valence electrons. The maximum absolute atomic E-state index is 12.8. The summed E-state index contributed by atoms with van der Waals surface area (Å²) in [5.74, 6) is 0.565. The van der Waals surface area contributed by atoms with Gasteiger partial charge in [-0.3, -0.25) is 9.88 Å². The average molecular weight is 409 g/mol. The quantitative estimate of drug-likeness (QED) is 0.822. The molecule has 0 unspecified atom stereocenters. The van der Waals surface area contributed by atoms with Gasteiger partial charge in [0.2, 0.25) is 0 Å². The van der Waals surface area contributed by atoms with Crippen LogP contribution in [-0.4, -0.2) is 72.5 Å². The molecule has 0 aromatic carbocycles. The van der Waals surface area contributed by atoms with Crippen LogP contribution in [0, 0.1) is 12.8 Å². The van der Waals surface area contributed by atoms with Gasteiger partial charge >= 0.3 is 6.03 Å². The number of amides is 2. The number of likely N-dealkylation sites (tertiary alicyclic amines) is 1. The number of carbonyl (C=O) groups excluding carboxylic acids is 1. The number of rotatable bonds is 4. The number of pyridine rings is 1. The lowest BCUT2D eigenvalue weighted by molar-refractivity contribution is 0.167. The standard InChI is InChI=1S/C20H32N4O3S/c1-15(2)13-21-20(25)23-9-7-18-19(8-10-23)28(26,27)12-11-24(18)14-17-6-4-5-16(3)22-17/h4-6,15,18-19H,7-14H2,1-3H3,(H,21,25)/t18-,19+/m0/s1. The first kappa shape index (κ1) is 21.0. The van der Waals surface area contributed by atoms with Gasteiger partial charge in [0.25, 0.3) is 0 Å². The van der Waals surface area contributed by atoms with Gasteiger partial charge in [0.15, 0.2) is 9.84 Å². The number of sulfone groups is 1. The van der Waals surface area contributed by atoms with E-state index in [1.54, 1.807) is 4.90 Å². The fourth-order valence-corrected chi connectivity index (χ4v) is 6.20. The van der Waals surface area contributed by atoms with Gasteiger partial charge in [-0.05, 0) is 37.8 Å². The number of nitrogens with zero attached hydrogens (tertiary/aromatic N) is 3. The third kappa shape index (κ3) is 5.03. The topological polar surface area (TPSA) is 82.6 Å². The minimum absolute atomic E-state index is 0.0658.